The van der Waals surface area contributed by atoms with E-state index in [2.05, 4.69) is 11.9 Å². The van der Waals surface area contributed by atoms with Gasteiger partial charge in [0.15, 0.2) is 0 Å². The maximum absolute atomic E-state index is 5.47. The summed E-state index contributed by atoms with van der Waals surface area (Å²) in [5.74, 6) is 0. The van der Waals surface area contributed by atoms with E-state index in [1.807, 2.05) is 0 Å². The van der Waals surface area contributed by atoms with E-state index >= 15 is 0 Å². The van der Waals surface area contributed by atoms with E-state index in [0.717, 1.165) is 19.8 Å². The Kier molecular flexibility index (Phi) is 2.45. The molecule has 0 radical (unpaired) electrons. The van der Waals surface area contributed by atoms with Gasteiger partial charge in [0.05, 0.1) is 13.2 Å². The van der Waals surface area contributed by atoms with E-state index in [1.165, 1.54) is 0 Å². The Bertz CT molecular complexity index is 87.1. The van der Waals surface area contributed by atoms with Crippen LogP contribution in [0, 0.1) is 0 Å². The average Bonchev–Trinajstić information content (AvgIpc) is 1.89. The van der Waals surface area contributed by atoms with Crippen molar-refractivity contribution < 1.29 is 4.74 Å². The van der Waals surface area contributed by atoms with Crippen LogP contribution in [-0.2, 0) is 4.74 Å². The molecule has 3 nitrogen and oxygen atoms in total. The highest BCUT2D eigenvalue weighted by Crippen LogP contribution is 2.00. The molecule has 2 N–H and O–H groups in total. The van der Waals surface area contributed by atoms with Gasteiger partial charge in [0, 0.05) is 19.1 Å². The van der Waals surface area contributed by atoms with Crippen molar-refractivity contribution in [1.29, 1.82) is 0 Å². The lowest BCUT2D eigenvalue weighted by Crippen LogP contribution is -2.46. The number of ether oxygens (including phenoxy) is 1. The summed E-state index contributed by atoms with van der Waals surface area (Å²) in [6.45, 7) is 3.37. The standard InChI is InChI=1S/C6H14N2O/c1-8-2-3-9-5-6(8)4-7/h6H,2-5,7H2,1H3/t6-/m0/s1. The lowest BCUT2D eigenvalue weighted by molar-refractivity contribution is 0.00948. The molecule has 0 aromatic rings. The van der Waals surface area contributed by atoms with Gasteiger partial charge in [0.2, 0.25) is 0 Å². The minimum absolute atomic E-state index is 0.443. The monoisotopic (exact) mass is 130 g/mol. The maximum atomic E-state index is 5.47. The van der Waals surface area contributed by atoms with E-state index in [4.69, 9.17) is 10.5 Å². The molecule has 0 aromatic carbocycles. The number of likely N-dealkylation sites (N-methyl/N-ethyl adjacent to an activating group) is 1. The maximum Gasteiger partial charge on any atom is 0.0634 e. The molecule has 1 aliphatic heterocycles. The van der Waals surface area contributed by atoms with Crippen LogP contribution >= 0.6 is 0 Å². The first-order chi connectivity index (χ1) is 4.34. The Hall–Kier alpha value is -0.120. The molecule has 9 heavy (non-hydrogen) atoms. The van der Waals surface area contributed by atoms with Gasteiger partial charge in [-0.3, -0.25) is 4.90 Å². The Morgan fingerprint density at radius 3 is 3.00 bits per heavy atom. The fourth-order valence-corrected chi connectivity index (χ4v) is 0.986. The number of hydrogen-bond acceptors (Lipinski definition) is 3. The lowest BCUT2D eigenvalue weighted by atomic mass is 10.2. The number of hydrogen-bond donors (Lipinski definition) is 1. The second kappa shape index (κ2) is 3.15. The SMILES string of the molecule is CN1CCOC[C@@H]1CN. The van der Waals surface area contributed by atoms with Crippen LogP contribution in [0.4, 0.5) is 0 Å². The van der Waals surface area contributed by atoms with Crippen molar-refractivity contribution in [2.24, 2.45) is 5.73 Å². The summed E-state index contributed by atoms with van der Waals surface area (Å²) in [6.07, 6.45) is 0. The fourth-order valence-electron chi connectivity index (χ4n) is 0.986. The highest BCUT2D eigenvalue weighted by molar-refractivity contribution is 4.71. The molecule has 0 unspecified atom stereocenters. The van der Waals surface area contributed by atoms with Gasteiger partial charge in [-0.2, -0.15) is 0 Å². The van der Waals surface area contributed by atoms with E-state index in [0.29, 0.717) is 12.6 Å². The van der Waals surface area contributed by atoms with Crippen molar-refractivity contribution in [3.63, 3.8) is 0 Å². The third kappa shape index (κ3) is 1.64. The molecule has 0 aromatic heterocycles. The highest BCUT2D eigenvalue weighted by atomic mass is 16.5. The van der Waals surface area contributed by atoms with Gasteiger partial charge in [0.25, 0.3) is 0 Å². The van der Waals surface area contributed by atoms with Crippen molar-refractivity contribution in [2.45, 2.75) is 6.04 Å². The summed E-state index contributed by atoms with van der Waals surface area (Å²) in [6, 6.07) is 0.443. The molecule has 0 spiro atoms. The summed E-state index contributed by atoms with van der Waals surface area (Å²) in [7, 11) is 2.08. The van der Waals surface area contributed by atoms with Crippen LogP contribution in [-0.4, -0.2) is 44.3 Å². The molecule has 0 aliphatic carbocycles. The van der Waals surface area contributed by atoms with Crippen LogP contribution in [0.15, 0.2) is 0 Å². The second-order valence-electron chi connectivity index (χ2n) is 2.45. The molecular formula is C6H14N2O. The first-order valence-electron chi connectivity index (χ1n) is 3.32. The molecule has 1 saturated heterocycles. The van der Waals surface area contributed by atoms with Crippen LogP contribution in [0.1, 0.15) is 0 Å². The predicted octanol–water partition coefficient (Wildman–Crippen LogP) is -0.724. The topological polar surface area (TPSA) is 38.5 Å². The molecule has 1 rings (SSSR count). The summed E-state index contributed by atoms with van der Waals surface area (Å²) < 4.78 is 5.22. The minimum atomic E-state index is 0.443. The van der Waals surface area contributed by atoms with Crippen LogP contribution in [0.25, 0.3) is 0 Å². The molecule has 54 valence electrons. The van der Waals surface area contributed by atoms with Gasteiger partial charge in [0.1, 0.15) is 0 Å². The number of rotatable bonds is 1. The van der Waals surface area contributed by atoms with Gasteiger partial charge in [-0.25, -0.2) is 0 Å². The molecule has 3 heteroatoms. The molecule has 1 heterocycles. The van der Waals surface area contributed by atoms with E-state index in [9.17, 15) is 0 Å². The predicted molar refractivity (Wildman–Crippen MR) is 36.3 cm³/mol. The molecule has 1 aliphatic rings. The molecule has 0 amide bonds. The summed E-state index contributed by atoms with van der Waals surface area (Å²) >= 11 is 0. The van der Waals surface area contributed by atoms with Crippen molar-refractivity contribution >= 4 is 0 Å². The zero-order chi connectivity index (χ0) is 6.69. The number of nitrogens with two attached hydrogens (primary N) is 1. The van der Waals surface area contributed by atoms with Gasteiger partial charge < -0.3 is 10.5 Å². The number of nitrogens with zero attached hydrogens (tertiary/aromatic N) is 1. The quantitative estimate of drug-likeness (QED) is 0.509. The molecule has 0 saturated carbocycles. The van der Waals surface area contributed by atoms with Gasteiger partial charge >= 0.3 is 0 Å². The highest BCUT2D eigenvalue weighted by Gasteiger charge is 2.16. The smallest absolute Gasteiger partial charge is 0.0634 e. The molecule has 1 atom stereocenters. The summed E-state index contributed by atoms with van der Waals surface area (Å²) in [4.78, 5) is 2.24. The van der Waals surface area contributed by atoms with Gasteiger partial charge in [-0.05, 0) is 7.05 Å². The zero-order valence-electron chi connectivity index (χ0n) is 5.84. The largest absolute Gasteiger partial charge is 0.378 e. The Labute approximate surface area is 55.8 Å². The van der Waals surface area contributed by atoms with Gasteiger partial charge in [-0.1, -0.05) is 0 Å². The Balaban J connectivity index is 2.30. The minimum Gasteiger partial charge on any atom is -0.378 e. The van der Waals surface area contributed by atoms with E-state index in [1.54, 1.807) is 0 Å². The van der Waals surface area contributed by atoms with Crippen LogP contribution in [0.2, 0.25) is 0 Å². The van der Waals surface area contributed by atoms with Gasteiger partial charge in [-0.15, -0.1) is 0 Å². The average molecular weight is 130 g/mol. The first kappa shape index (κ1) is 6.99. The third-order valence-corrected chi connectivity index (χ3v) is 1.79. The van der Waals surface area contributed by atoms with Crippen molar-refractivity contribution in [3.8, 4) is 0 Å². The van der Waals surface area contributed by atoms with Crippen molar-refractivity contribution in [3.05, 3.63) is 0 Å². The van der Waals surface area contributed by atoms with E-state index in [-0.39, 0.29) is 0 Å². The third-order valence-electron chi connectivity index (χ3n) is 1.79. The van der Waals surface area contributed by atoms with Crippen LogP contribution < -0.4 is 5.73 Å². The molecule has 0 bridgehead atoms. The van der Waals surface area contributed by atoms with Crippen LogP contribution in [0.5, 0.6) is 0 Å². The lowest BCUT2D eigenvalue weighted by Gasteiger charge is -2.31. The normalized spacial score (nSPS) is 30.7. The Morgan fingerprint density at radius 1 is 1.78 bits per heavy atom. The summed E-state index contributed by atoms with van der Waals surface area (Å²) in [5.41, 5.74) is 5.47. The Morgan fingerprint density at radius 2 is 2.56 bits per heavy atom. The summed E-state index contributed by atoms with van der Waals surface area (Å²) in [5, 5.41) is 0. The van der Waals surface area contributed by atoms with Crippen LogP contribution in [0.3, 0.4) is 0 Å². The molecule has 1 fully saturated rings. The fraction of sp³-hybridized carbons (Fsp3) is 1.00. The first-order valence-corrected chi connectivity index (χ1v) is 3.32. The number of morpholine rings is 1. The molecular weight excluding hydrogens is 116 g/mol. The van der Waals surface area contributed by atoms with Crippen molar-refractivity contribution in [1.82, 2.24) is 4.90 Å². The second-order valence-corrected chi connectivity index (χ2v) is 2.45. The zero-order valence-corrected chi connectivity index (χ0v) is 5.84. The van der Waals surface area contributed by atoms with Crippen molar-refractivity contribution in [2.75, 3.05) is 33.4 Å². The van der Waals surface area contributed by atoms with E-state index < -0.39 is 0 Å².